The summed E-state index contributed by atoms with van der Waals surface area (Å²) in [5, 5.41) is 0. The molecule has 0 unspecified atom stereocenters. The number of ether oxygens (including phenoxy) is 1. The van der Waals surface area contributed by atoms with Gasteiger partial charge < -0.3 is 10.5 Å². The summed E-state index contributed by atoms with van der Waals surface area (Å²) in [6.45, 7) is 0.489. The summed E-state index contributed by atoms with van der Waals surface area (Å²) in [4.78, 5) is 0. The third-order valence-corrected chi connectivity index (χ3v) is 5.77. The molecule has 0 spiro atoms. The van der Waals surface area contributed by atoms with E-state index >= 15 is 0 Å². The van der Waals surface area contributed by atoms with Gasteiger partial charge in [-0.3, -0.25) is 0 Å². The van der Waals surface area contributed by atoms with Crippen molar-refractivity contribution in [3.05, 3.63) is 29.8 Å². The number of benzene rings is 1. The van der Waals surface area contributed by atoms with E-state index in [0.29, 0.717) is 18.6 Å². The second-order valence-corrected chi connectivity index (χ2v) is 7.32. The summed E-state index contributed by atoms with van der Waals surface area (Å²) in [7, 11) is 0. The molecule has 2 nitrogen and oxygen atoms in total. The van der Waals surface area contributed by atoms with Gasteiger partial charge in [0, 0.05) is 6.04 Å². The van der Waals surface area contributed by atoms with Gasteiger partial charge in [-0.1, -0.05) is 6.07 Å². The molecule has 0 aliphatic heterocycles. The van der Waals surface area contributed by atoms with E-state index in [9.17, 15) is 8.78 Å². The van der Waals surface area contributed by atoms with Crippen LogP contribution in [-0.2, 0) is 0 Å². The molecule has 2 aliphatic rings. The van der Waals surface area contributed by atoms with Crippen LogP contribution in [0.5, 0.6) is 5.75 Å². The topological polar surface area (TPSA) is 35.2 Å². The first-order valence-electron chi connectivity index (χ1n) is 8.96. The van der Waals surface area contributed by atoms with Crippen LogP contribution >= 0.6 is 0 Å². The number of rotatable bonds is 4. The van der Waals surface area contributed by atoms with Crippen LogP contribution < -0.4 is 10.5 Å². The number of halogens is 2. The van der Waals surface area contributed by atoms with Crippen LogP contribution in [0.3, 0.4) is 0 Å². The average Bonchev–Trinajstić information content (AvgIpc) is 2.57. The Balaban J connectivity index is 1.43. The molecule has 2 N–H and O–H groups in total. The van der Waals surface area contributed by atoms with Crippen LogP contribution in [0.2, 0.25) is 0 Å². The van der Waals surface area contributed by atoms with Crippen molar-refractivity contribution in [2.45, 2.75) is 57.4 Å². The van der Waals surface area contributed by atoms with Crippen LogP contribution in [0.1, 0.15) is 51.4 Å². The molecule has 2 saturated carbocycles. The molecule has 0 amide bonds. The predicted molar refractivity (Wildman–Crippen MR) is 87.2 cm³/mol. The van der Waals surface area contributed by atoms with E-state index in [2.05, 4.69) is 0 Å². The van der Waals surface area contributed by atoms with Crippen molar-refractivity contribution in [2.75, 3.05) is 6.61 Å². The fourth-order valence-electron chi connectivity index (χ4n) is 4.25. The van der Waals surface area contributed by atoms with Crippen molar-refractivity contribution in [1.29, 1.82) is 0 Å². The minimum Gasteiger partial charge on any atom is -0.490 e. The Kier molecular flexibility index (Phi) is 5.52. The van der Waals surface area contributed by atoms with E-state index in [0.717, 1.165) is 30.7 Å². The van der Waals surface area contributed by atoms with Crippen molar-refractivity contribution in [1.82, 2.24) is 0 Å². The molecular formula is C19H27F2NO. The highest BCUT2D eigenvalue weighted by Gasteiger charge is 2.30. The van der Waals surface area contributed by atoms with Gasteiger partial charge in [0.05, 0.1) is 6.61 Å². The Hall–Kier alpha value is -1.16. The molecule has 1 aromatic rings. The number of nitrogens with two attached hydrogens (primary N) is 1. The summed E-state index contributed by atoms with van der Waals surface area (Å²) in [6, 6.07) is 4.51. The lowest BCUT2D eigenvalue weighted by Crippen LogP contribution is -2.31. The van der Waals surface area contributed by atoms with E-state index in [1.54, 1.807) is 0 Å². The van der Waals surface area contributed by atoms with E-state index < -0.39 is 11.6 Å². The largest absolute Gasteiger partial charge is 0.490 e. The van der Waals surface area contributed by atoms with Crippen LogP contribution in [0.25, 0.3) is 0 Å². The minimum absolute atomic E-state index is 0.0355. The SMILES string of the molecule is NC1CCC(C2CCC(COc3cccc(F)c3F)CC2)CC1. The van der Waals surface area contributed by atoms with Gasteiger partial charge >= 0.3 is 0 Å². The Labute approximate surface area is 137 Å². The smallest absolute Gasteiger partial charge is 0.200 e. The van der Waals surface area contributed by atoms with Crippen LogP contribution in [-0.4, -0.2) is 12.6 Å². The Morgan fingerprint density at radius 3 is 2.17 bits per heavy atom. The molecule has 23 heavy (non-hydrogen) atoms. The van der Waals surface area contributed by atoms with Crippen LogP contribution in [0.15, 0.2) is 18.2 Å². The monoisotopic (exact) mass is 323 g/mol. The summed E-state index contributed by atoms with van der Waals surface area (Å²) in [5.74, 6) is 0.441. The van der Waals surface area contributed by atoms with Crippen molar-refractivity contribution in [3.63, 3.8) is 0 Å². The van der Waals surface area contributed by atoms with Crippen LogP contribution in [0.4, 0.5) is 8.78 Å². The van der Waals surface area contributed by atoms with Crippen molar-refractivity contribution in [3.8, 4) is 5.75 Å². The maximum Gasteiger partial charge on any atom is 0.200 e. The summed E-state index contributed by atoms with van der Waals surface area (Å²) in [6.07, 6.45) is 9.63. The zero-order valence-electron chi connectivity index (χ0n) is 13.6. The molecule has 1 aromatic carbocycles. The maximum absolute atomic E-state index is 13.6. The number of hydrogen-bond donors (Lipinski definition) is 1. The van der Waals surface area contributed by atoms with Crippen molar-refractivity contribution in [2.24, 2.45) is 23.5 Å². The van der Waals surface area contributed by atoms with Gasteiger partial charge in [-0.25, -0.2) is 4.39 Å². The minimum atomic E-state index is -0.875. The van der Waals surface area contributed by atoms with Crippen LogP contribution in [0, 0.1) is 29.4 Å². The van der Waals surface area contributed by atoms with Gasteiger partial charge in [0.1, 0.15) is 0 Å². The van der Waals surface area contributed by atoms with E-state index in [4.69, 9.17) is 10.5 Å². The second-order valence-electron chi connectivity index (χ2n) is 7.32. The molecule has 2 aliphatic carbocycles. The van der Waals surface area contributed by atoms with Crippen molar-refractivity contribution >= 4 is 0 Å². The first-order chi connectivity index (χ1) is 11.1. The third-order valence-electron chi connectivity index (χ3n) is 5.77. The normalized spacial score (nSPS) is 31.8. The van der Waals surface area contributed by atoms with E-state index in [-0.39, 0.29) is 5.75 Å². The first-order valence-corrected chi connectivity index (χ1v) is 8.96. The Morgan fingerprint density at radius 1 is 0.913 bits per heavy atom. The van der Waals surface area contributed by atoms with E-state index in [1.165, 1.54) is 50.7 Å². The molecule has 128 valence electrons. The summed E-state index contributed by atoms with van der Waals surface area (Å²) in [5.41, 5.74) is 5.99. The molecule has 0 radical (unpaired) electrons. The molecule has 0 saturated heterocycles. The van der Waals surface area contributed by atoms with Gasteiger partial charge in [-0.15, -0.1) is 0 Å². The lowest BCUT2D eigenvalue weighted by atomic mass is 9.70. The highest BCUT2D eigenvalue weighted by atomic mass is 19.2. The average molecular weight is 323 g/mol. The zero-order valence-corrected chi connectivity index (χ0v) is 13.6. The van der Waals surface area contributed by atoms with Gasteiger partial charge in [0.15, 0.2) is 11.6 Å². The fraction of sp³-hybridized carbons (Fsp3) is 0.684. The highest BCUT2D eigenvalue weighted by molar-refractivity contribution is 5.25. The third kappa shape index (κ3) is 4.23. The summed E-state index contributed by atoms with van der Waals surface area (Å²) < 4.78 is 32.3. The fourth-order valence-corrected chi connectivity index (χ4v) is 4.25. The Morgan fingerprint density at radius 2 is 1.52 bits per heavy atom. The molecule has 0 atom stereocenters. The Bertz CT molecular complexity index is 506. The molecule has 2 fully saturated rings. The van der Waals surface area contributed by atoms with Gasteiger partial charge in [0.2, 0.25) is 5.82 Å². The molecule has 0 bridgehead atoms. The number of hydrogen-bond acceptors (Lipinski definition) is 2. The van der Waals surface area contributed by atoms with Gasteiger partial charge in [-0.2, -0.15) is 4.39 Å². The lowest BCUT2D eigenvalue weighted by molar-refractivity contribution is 0.130. The highest BCUT2D eigenvalue weighted by Crippen LogP contribution is 2.39. The quantitative estimate of drug-likeness (QED) is 0.874. The zero-order chi connectivity index (χ0) is 16.2. The lowest BCUT2D eigenvalue weighted by Gasteiger charge is -2.37. The molecule has 0 heterocycles. The molecular weight excluding hydrogens is 296 g/mol. The molecule has 3 rings (SSSR count). The second kappa shape index (κ2) is 7.61. The molecule has 0 aromatic heterocycles. The summed E-state index contributed by atoms with van der Waals surface area (Å²) >= 11 is 0. The van der Waals surface area contributed by atoms with Crippen molar-refractivity contribution < 1.29 is 13.5 Å². The van der Waals surface area contributed by atoms with Gasteiger partial charge in [0.25, 0.3) is 0 Å². The standard InChI is InChI=1S/C19H27F2NO/c20-17-2-1-3-18(19(17)21)23-12-13-4-6-14(7-5-13)15-8-10-16(22)11-9-15/h1-3,13-16H,4-12,22H2. The van der Waals surface area contributed by atoms with Gasteiger partial charge in [-0.05, 0) is 81.3 Å². The molecule has 4 heteroatoms. The first kappa shape index (κ1) is 16.7. The maximum atomic E-state index is 13.6. The van der Waals surface area contributed by atoms with E-state index in [1.807, 2.05) is 0 Å². The predicted octanol–water partition coefficient (Wildman–Crippen LogP) is 4.67.